The van der Waals surface area contributed by atoms with Crippen LogP contribution in [0.5, 0.6) is 0 Å². The van der Waals surface area contributed by atoms with Gasteiger partial charge in [-0.25, -0.2) is 9.18 Å². The van der Waals surface area contributed by atoms with E-state index in [-0.39, 0.29) is 23.2 Å². The molecule has 1 heterocycles. The lowest BCUT2D eigenvalue weighted by Crippen LogP contribution is -2.54. The van der Waals surface area contributed by atoms with Gasteiger partial charge in [0, 0.05) is 6.54 Å². The number of carbonyl (C=O) groups excluding carboxylic acids is 2. The van der Waals surface area contributed by atoms with Crippen molar-refractivity contribution in [1.29, 1.82) is 0 Å². The van der Waals surface area contributed by atoms with Gasteiger partial charge in [0.25, 0.3) is 0 Å². The van der Waals surface area contributed by atoms with Gasteiger partial charge in [-0.15, -0.1) is 0 Å². The standard InChI is InChI=1S/C16H19BrFNO4/c1-16(2,3)23-15(21)19-7-8-22-9-12(19)14(20)10-5-4-6-11(17)13(10)18/h4-6,12H,7-9H2,1-3H3. The summed E-state index contributed by atoms with van der Waals surface area (Å²) in [6.45, 7) is 5.79. The number of carbonyl (C=O) groups is 2. The van der Waals surface area contributed by atoms with Crippen molar-refractivity contribution in [3.63, 3.8) is 0 Å². The number of amides is 1. The van der Waals surface area contributed by atoms with E-state index >= 15 is 0 Å². The molecular weight excluding hydrogens is 369 g/mol. The Morgan fingerprint density at radius 2 is 2.09 bits per heavy atom. The van der Waals surface area contributed by atoms with Crippen molar-refractivity contribution in [2.75, 3.05) is 19.8 Å². The Hall–Kier alpha value is -1.47. The van der Waals surface area contributed by atoms with Gasteiger partial charge in [0.05, 0.1) is 23.2 Å². The van der Waals surface area contributed by atoms with E-state index in [1.165, 1.54) is 17.0 Å². The number of hydrogen-bond donors (Lipinski definition) is 0. The van der Waals surface area contributed by atoms with Crippen LogP contribution in [0, 0.1) is 5.82 Å². The van der Waals surface area contributed by atoms with Gasteiger partial charge in [0.1, 0.15) is 17.5 Å². The fraction of sp³-hybridized carbons (Fsp3) is 0.500. The van der Waals surface area contributed by atoms with Gasteiger partial charge in [-0.1, -0.05) is 6.07 Å². The minimum absolute atomic E-state index is 0.0179. The molecular formula is C16H19BrFNO4. The third-order valence-electron chi connectivity index (χ3n) is 3.28. The zero-order chi connectivity index (χ0) is 17.2. The van der Waals surface area contributed by atoms with Crippen molar-refractivity contribution >= 4 is 27.8 Å². The van der Waals surface area contributed by atoms with Crippen molar-refractivity contribution < 1.29 is 23.5 Å². The summed E-state index contributed by atoms with van der Waals surface area (Å²) in [6, 6.07) is 3.57. The van der Waals surface area contributed by atoms with Crippen LogP contribution in [0.2, 0.25) is 0 Å². The summed E-state index contributed by atoms with van der Waals surface area (Å²) in [4.78, 5) is 26.3. The number of ether oxygens (including phenoxy) is 2. The van der Waals surface area contributed by atoms with E-state index in [2.05, 4.69) is 15.9 Å². The maximum absolute atomic E-state index is 14.2. The monoisotopic (exact) mass is 387 g/mol. The Balaban J connectivity index is 2.25. The molecule has 23 heavy (non-hydrogen) atoms. The van der Waals surface area contributed by atoms with E-state index in [0.717, 1.165) is 0 Å². The van der Waals surface area contributed by atoms with Crippen molar-refractivity contribution in [3.05, 3.63) is 34.1 Å². The first-order valence-electron chi connectivity index (χ1n) is 7.26. The average Bonchev–Trinajstić information content (AvgIpc) is 2.47. The molecule has 0 radical (unpaired) electrons. The summed E-state index contributed by atoms with van der Waals surface area (Å²) in [5, 5.41) is 0. The van der Waals surface area contributed by atoms with Gasteiger partial charge in [-0.3, -0.25) is 9.69 Å². The molecule has 0 bridgehead atoms. The number of benzene rings is 1. The number of nitrogens with zero attached hydrogens (tertiary/aromatic N) is 1. The Morgan fingerprint density at radius 3 is 2.74 bits per heavy atom. The highest BCUT2D eigenvalue weighted by molar-refractivity contribution is 9.10. The Kier molecular flexibility index (Phi) is 5.41. The molecule has 1 aromatic carbocycles. The van der Waals surface area contributed by atoms with Crippen LogP contribution in [0.15, 0.2) is 22.7 Å². The van der Waals surface area contributed by atoms with E-state index in [9.17, 15) is 14.0 Å². The fourth-order valence-corrected chi connectivity index (χ4v) is 2.60. The first-order valence-corrected chi connectivity index (χ1v) is 8.05. The molecule has 5 nitrogen and oxygen atoms in total. The van der Waals surface area contributed by atoms with E-state index in [4.69, 9.17) is 9.47 Å². The predicted octanol–water partition coefficient (Wildman–Crippen LogP) is 3.41. The molecule has 1 amide bonds. The SMILES string of the molecule is CC(C)(C)OC(=O)N1CCOCC1C(=O)c1cccc(Br)c1F. The lowest BCUT2D eigenvalue weighted by Gasteiger charge is -2.35. The average molecular weight is 388 g/mol. The van der Waals surface area contributed by atoms with E-state index in [0.29, 0.717) is 6.61 Å². The first kappa shape index (κ1) is 17.9. The number of ketones is 1. The number of hydrogen-bond acceptors (Lipinski definition) is 4. The van der Waals surface area contributed by atoms with Crippen molar-refractivity contribution in [3.8, 4) is 0 Å². The van der Waals surface area contributed by atoms with Gasteiger partial charge >= 0.3 is 6.09 Å². The van der Waals surface area contributed by atoms with Crippen LogP contribution in [-0.2, 0) is 9.47 Å². The summed E-state index contributed by atoms with van der Waals surface area (Å²) >= 11 is 3.06. The summed E-state index contributed by atoms with van der Waals surface area (Å²) in [7, 11) is 0. The van der Waals surface area contributed by atoms with Crippen LogP contribution in [0.25, 0.3) is 0 Å². The molecule has 1 unspecified atom stereocenters. The van der Waals surface area contributed by atoms with Crippen LogP contribution < -0.4 is 0 Å². The minimum atomic E-state index is -0.901. The van der Waals surface area contributed by atoms with Crippen LogP contribution in [0.4, 0.5) is 9.18 Å². The second kappa shape index (κ2) is 6.97. The molecule has 1 saturated heterocycles. The molecule has 7 heteroatoms. The Bertz CT molecular complexity index is 615. The number of rotatable bonds is 2. The van der Waals surface area contributed by atoms with E-state index in [1.807, 2.05) is 0 Å². The molecule has 0 spiro atoms. The van der Waals surface area contributed by atoms with E-state index in [1.54, 1.807) is 26.8 Å². The van der Waals surface area contributed by atoms with Crippen LogP contribution in [0.3, 0.4) is 0 Å². The second-order valence-corrected chi connectivity index (χ2v) is 7.08. The molecule has 1 aromatic rings. The van der Waals surface area contributed by atoms with Gasteiger partial charge in [-0.2, -0.15) is 0 Å². The number of halogens is 2. The van der Waals surface area contributed by atoms with Crippen molar-refractivity contribution in [1.82, 2.24) is 4.90 Å². The Labute approximate surface area is 142 Å². The quantitative estimate of drug-likeness (QED) is 0.729. The predicted molar refractivity (Wildman–Crippen MR) is 86.0 cm³/mol. The van der Waals surface area contributed by atoms with Gasteiger partial charge < -0.3 is 9.47 Å². The molecule has 0 aromatic heterocycles. The largest absolute Gasteiger partial charge is 0.444 e. The van der Waals surface area contributed by atoms with Crippen LogP contribution >= 0.6 is 15.9 Å². The lowest BCUT2D eigenvalue weighted by atomic mass is 10.0. The zero-order valence-corrected chi connectivity index (χ0v) is 14.9. The molecule has 0 saturated carbocycles. The molecule has 126 valence electrons. The van der Waals surface area contributed by atoms with Gasteiger partial charge in [0.15, 0.2) is 5.78 Å². The summed E-state index contributed by atoms with van der Waals surface area (Å²) < 4.78 is 25.0. The number of Topliss-reactive ketones (excluding diaryl/α,β-unsaturated/α-hetero) is 1. The third-order valence-corrected chi connectivity index (χ3v) is 3.89. The normalized spacial score (nSPS) is 18.7. The molecule has 1 fully saturated rings. The molecule has 1 atom stereocenters. The first-order chi connectivity index (χ1) is 10.7. The molecule has 1 aliphatic heterocycles. The molecule has 0 aliphatic carbocycles. The highest BCUT2D eigenvalue weighted by atomic mass is 79.9. The molecule has 1 aliphatic rings. The zero-order valence-electron chi connectivity index (χ0n) is 13.3. The highest BCUT2D eigenvalue weighted by Crippen LogP contribution is 2.23. The summed E-state index contributed by atoms with van der Waals surface area (Å²) in [5.41, 5.74) is -0.757. The lowest BCUT2D eigenvalue weighted by molar-refractivity contribution is -0.0266. The van der Waals surface area contributed by atoms with Crippen molar-refractivity contribution in [2.45, 2.75) is 32.4 Å². The van der Waals surface area contributed by atoms with E-state index < -0.39 is 29.3 Å². The second-order valence-electron chi connectivity index (χ2n) is 6.23. The van der Waals surface area contributed by atoms with Crippen LogP contribution in [-0.4, -0.2) is 48.2 Å². The summed E-state index contributed by atoms with van der Waals surface area (Å²) in [6.07, 6.45) is -0.602. The maximum Gasteiger partial charge on any atom is 0.411 e. The topological polar surface area (TPSA) is 55.8 Å². The fourth-order valence-electron chi connectivity index (χ4n) is 2.23. The minimum Gasteiger partial charge on any atom is -0.444 e. The van der Waals surface area contributed by atoms with Crippen LogP contribution in [0.1, 0.15) is 31.1 Å². The summed E-state index contributed by atoms with van der Waals surface area (Å²) in [5.74, 6) is -1.15. The Morgan fingerprint density at radius 1 is 1.39 bits per heavy atom. The molecule has 0 N–H and O–H groups in total. The highest BCUT2D eigenvalue weighted by Gasteiger charge is 2.36. The van der Waals surface area contributed by atoms with Crippen molar-refractivity contribution in [2.24, 2.45) is 0 Å². The van der Waals surface area contributed by atoms with Gasteiger partial charge in [-0.05, 0) is 48.8 Å². The third kappa shape index (κ3) is 4.29. The molecule has 2 rings (SSSR count). The smallest absolute Gasteiger partial charge is 0.411 e. The van der Waals surface area contributed by atoms with Gasteiger partial charge in [0.2, 0.25) is 0 Å². The number of morpholine rings is 1. The maximum atomic E-state index is 14.2.